The lowest BCUT2D eigenvalue weighted by atomic mass is 10.2. The van der Waals surface area contributed by atoms with Crippen molar-refractivity contribution in [3.05, 3.63) is 22.8 Å². The fourth-order valence-electron chi connectivity index (χ4n) is 2.23. The summed E-state index contributed by atoms with van der Waals surface area (Å²) in [7, 11) is 0. The van der Waals surface area contributed by atoms with Crippen molar-refractivity contribution in [2.75, 3.05) is 31.2 Å². The van der Waals surface area contributed by atoms with Crippen LogP contribution in [0.25, 0.3) is 0 Å². The van der Waals surface area contributed by atoms with Crippen molar-refractivity contribution >= 4 is 17.4 Å². The SMILES string of the molecule is CCCNCc1cc(N2CCOCC2C)ncc1Cl. The van der Waals surface area contributed by atoms with Gasteiger partial charge in [-0.15, -0.1) is 0 Å². The number of halogens is 1. The van der Waals surface area contributed by atoms with Crippen LogP contribution in [0.5, 0.6) is 0 Å². The van der Waals surface area contributed by atoms with E-state index in [-0.39, 0.29) is 0 Å². The highest BCUT2D eigenvalue weighted by atomic mass is 35.5. The van der Waals surface area contributed by atoms with Gasteiger partial charge in [-0.2, -0.15) is 0 Å². The number of morpholine rings is 1. The molecule has 1 atom stereocenters. The van der Waals surface area contributed by atoms with Crippen molar-refractivity contribution in [1.82, 2.24) is 10.3 Å². The van der Waals surface area contributed by atoms with Gasteiger partial charge in [0.25, 0.3) is 0 Å². The molecule has 1 aromatic heterocycles. The number of ether oxygens (including phenoxy) is 1. The van der Waals surface area contributed by atoms with Crippen molar-refractivity contribution in [2.24, 2.45) is 0 Å². The molecule has 4 nitrogen and oxygen atoms in total. The summed E-state index contributed by atoms with van der Waals surface area (Å²) < 4.78 is 5.46. The molecule has 0 aliphatic carbocycles. The minimum Gasteiger partial charge on any atom is -0.377 e. The van der Waals surface area contributed by atoms with E-state index in [4.69, 9.17) is 16.3 Å². The Morgan fingerprint density at radius 2 is 2.42 bits per heavy atom. The van der Waals surface area contributed by atoms with E-state index in [0.29, 0.717) is 6.04 Å². The van der Waals surface area contributed by atoms with Crippen LogP contribution in [-0.2, 0) is 11.3 Å². The van der Waals surface area contributed by atoms with Crippen LogP contribution in [0.2, 0.25) is 5.02 Å². The highest BCUT2D eigenvalue weighted by molar-refractivity contribution is 6.31. The molecule has 1 aromatic rings. The molecule has 1 unspecified atom stereocenters. The Morgan fingerprint density at radius 3 is 3.16 bits per heavy atom. The molecule has 1 fully saturated rings. The number of hydrogen-bond donors (Lipinski definition) is 1. The number of nitrogens with one attached hydrogen (secondary N) is 1. The molecular weight excluding hydrogens is 262 g/mol. The molecule has 1 N–H and O–H groups in total. The van der Waals surface area contributed by atoms with Crippen LogP contribution in [0.1, 0.15) is 25.8 Å². The first-order valence-corrected chi connectivity index (χ1v) is 7.29. The third kappa shape index (κ3) is 3.81. The Balaban J connectivity index is 2.10. The van der Waals surface area contributed by atoms with Crippen molar-refractivity contribution in [1.29, 1.82) is 0 Å². The number of anilines is 1. The summed E-state index contributed by atoms with van der Waals surface area (Å²) >= 11 is 6.20. The average molecular weight is 284 g/mol. The number of hydrogen-bond acceptors (Lipinski definition) is 4. The zero-order chi connectivity index (χ0) is 13.7. The van der Waals surface area contributed by atoms with Crippen LogP contribution >= 0.6 is 11.6 Å². The van der Waals surface area contributed by atoms with Crippen LogP contribution in [0.15, 0.2) is 12.3 Å². The predicted octanol–water partition coefficient (Wildman–Crippen LogP) is 2.46. The fourth-order valence-corrected chi connectivity index (χ4v) is 2.40. The number of aromatic nitrogens is 1. The highest BCUT2D eigenvalue weighted by Crippen LogP contribution is 2.23. The zero-order valence-corrected chi connectivity index (χ0v) is 12.4. The molecular formula is C14H22ClN3O. The van der Waals surface area contributed by atoms with E-state index in [0.717, 1.165) is 55.7 Å². The molecule has 0 bridgehead atoms. The summed E-state index contributed by atoms with van der Waals surface area (Å²) in [5, 5.41) is 4.11. The van der Waals surface area contributed by atoms with Gasteiger partial charge in [-0.25, -0.2) is 4.98 Å². The Morgan fingerprint density at radius 1 is 1.58 bits per heavy atom. The van der Waals surface area contributed by atoms with Gasteiger partial charge >= 0.3 is 0 Å². The highest BCUT2D eigenvalue weighted by Gasteiger charge is 2.20. The first kappa shape index (κ1) is 14.6. The molecule has 0 saturated carbocycles. The monoisotopic (exact) mass is 283 g/mol. The van der Waals surface area contributed by atoms with Crippen LogP contribution in [0, 0.1) is 0 Å². The zero-order valence-electron chi connectivity index (χ0n) is 11.7. The first-order valence-electron chi connectivity index (χ1n) is 6.92. The van der Waals surface area contributed by atoms with E-state index in [9.17, 15) is 0 Å². The summed E-state index contributed by atoms with van der Waals surface area (Å²) in [6, 6.07) is 2.45. The molecule has 0 amide bonds. The molecule has 1 saturated heterocycles. The fraction of sp³-hybridized carbons (Fsp3) is 0.643. The van der Waals surface area contributed by atoms with Gasteiger partial charge < -0.3 is 15.0 Å². The smallest absolute Gasteiger partial charge is 0.129 e. The molecule has 19 heavy (non-hydrogen) atoms. The third-order valence-electron chi connectivity index (χ3n) is 3.32. The van der Waals surface area contributed by atoms with Crippen molar-refractivity contribution in [3.63, 3.8) is 0 Å². The summed E-state index contributed by atoms with van der Waals surface area (Å²) in [5.41, 5.74) is 1.11. The minimum atomic E-state index is 0.360. The Kier molecular flexibility index (Phi) is 5.43. The molecule has 5 heteroatoms. The quantitative estimate of drug-likeness (QED) is 0.843. The van der Waals surface area contributed by atoms with Crippen LogP contribution in [0.4, 0.5) is 5.82 Å². The van der Waals surface area contributed by atoms with E-state index in [1.807, 2.05) is 0 Å². The summed E-state index contributed by atoms with van der Waals surface area (Å²) in [6.07, 6.45) is 2.87. The number of nitrogens with zero attached hydrogens (tertiary/aromatic N) is 2. The lowest BCUT2D eigenvalue weighted by molar-refractivity contribution is 0.0985. The second kappa shape index (κ2) is 7.08. The maximum absolute atomic E-state index is 6.20. The molecule has 2 rings (SSSR count). The summed E-state index contributed by atoms with van der Waals surface area (Å²) in [5.74, 6) is 0.994. The second-order valence-corrected chi connectivity index (χ2v) is 5.34. The van der Waals surface area contributed by atoms with Crippen LogP contribution < -0.4 is 10.2 Å². The number of pyridine rings is 1. The van der Waals surface area contributed by atoms with Gasteiger partial charge in [-0.05, 0) is 31.5 Å². The van der Waals surface area contributed by atoms with E-state index < -0.39 is 0 Å². The maximum Gasteiger partial charge on any atom is 0.129 e. The Labute approximate surface area is 120 Å². The Hall–Kier alpha value is -0.840. The largest absolute Gasteiger partial charge is 0.377 e. The van der Waals surface area contributed by atoms with Gasteiger partial charge in [0.05, 0.1) is 24.3 Å². The maximum atomic E-state index is 6.20. The molecule has 106 valence electrons. The minimum absolute atomic E-state index is 0.360. The lowest BCUT2D eigenvalue weighted by Gasteiger charge is -2.34. The first-order chi connectivity index (χ1) is 9.22. The molecule has 0 aromatic carbocycles. The van der Waals surface area contributed by atoms with Gasteiger partial charge in [0, 0.05) is 19.3 Å². The molecule has 0 spiro atoms. The van der Waals surface area contributed by atoms with E-state index in [2.05, 4.69) is 35.1 Å². The molecule has 1 aliphatic rings. The van der Waals surface area contributed by atoms with Gasteiger partial charge in [-0.1, -0.05) is 18.5 Å². The van der Waals surface area contributed by atoms with Crippen molar-refractivity contribution < 1.29 is 4.74 Å². The standard InChI is InChI=1S/C14H22ClN3O/c1-3-4-16-8-12-7-14(17-9-13(12)15)18-5-6-19-10-11(18)2/h7,9,11,16H,3-6,8,10H2,1-2H3. The van der Waals surface area contributed by atoms with Gasteiger partial charge in [0.15, 0.2) is 0 Å². The Bertz CT molecular complexity index is 414. The number of rotatable bonds is 5. The van der Waals surface area contributed by atoms with E-state index >= 15 is 0 Å². The van der Waals surface area contributed by atoms with E-state index in [1.165, 1.54) is 0 Å². The molecule has 1 aliphatic heterocycles. The third-order valence-corrected chi connectivity index (χ3v) is 3.66. The molecule has 2 heterocycles. The van der Waals surface area contributed by atoms with Gasteiger partial charge in [0.2, 0.25) is 0 Å². The summed E-state index contributed by atoms with van der Waals surface area (Å²) in [4.78, 5) is 6.73. The van der Waals surface area contributed by atoms with E-state index in [1.54, 1.807) is 6.20 Å². The summed E-state index contributed by atoms with van der Waals surface area (Å²) in [6.45, 7) is 8.51. The second-order valence-electron chi connectivity index (χ2n) is 4.93. The average Bonchev–Trinajstić information content (AvgIpc) is 2.42. The van der Waals surface area contributed by atoms with Crippen molar-refractivity contribution in [2.45, 2.75) is 32.9 Å². The lowest BCUT2D eigenvalue weighted by Crippen LogP contribution is -2.44. The van der Waals surface area contributed by atoms with Crippen LogP contribution in [0.3, 0.4) is 0 Å². The van der Waals surface area contributed by atoms with Crippen molar-refractivity contribution in [3.8, 4) is 0 Å². The van der Waals surface area contributed by atoms with Crippen LogP contribution in [-0.4, -0.2) is 37.3 Å². The topological polar surface area (TPSA) is 37.4 Å². The molecule has 0 radical (unpaired) electrons. The normalized spacial score (nSPS) is 19.7. The van der Waals surface area contributed by atoms with Gasteiger partial charge in [-0.3, -0.25) is 0 Å². The predicted molar refractivity (Wildman–Crippen MR) is 78.9 cm³/mol. The van der Waals surface area contributed by atoms with Gasteiger partial charge in [0.1, 0.15) is 5.82 Å².